The highest BCUT2D eigenvalue weighted by molar-refractivity contribution is 7.19. The fourth-order valence-corrected chi connectivity index (χ4v) is 4.55. The molecule has 8 heteroatoms. The second-order valence-corrected chi connectivity index (χ2v) is 8.78. The molecule has 1 unspecified atom stereocenters. The molecule has 1 fully saturated rings. The molecule has 0 saturated carbocycles. The number of hydrogen-bond donors (Lipinski definition) is 3. The zero-order chi connectivity index (χ0) is 20.2. The first-order chi connectivity index (χ1) is 14.1. The van der Waals surface area contributed by atoms with Gasteiger partial charge in [-0.1, -0.05) is 6.07 Å². The molecule has 4 rings (SSSR count). The van der Waals surface area contributed by atoms with Crippen LogP contribution in [0.25, 0.3) is 10.2 Å². The number of pyridine rings is 1. The molecular weight excluding hydrogens is 384 g/mol. The van der Waals surface area contributed by atoms with Crippen molar-refractivity contribution in [2.75, 3.05) is 25.0 Å². The fourth-order valence-electron chi connectivity index (χ4n) is 3.61. The number of anilines is 1. The van der Waals surface area contributed by atoms with Crippen LogP contribution >= 0.6 is 11.3 Å². The maximum Gasteiger partial charge on any atom is 0.271 e. The summed E-state index contributed by atoms with van der Waals surface area (Å²) in [6.45, 7) is 6.82. The highest BCUT2D eigenvalue weighted by Gasteiger charge is 2.19. The summed E-state index contributed by atoms with van der Waals surface area (Å²) in [6.07, 6.45) is 5.73. The van der Waals surface area contributed by atoms with Crippen LogP contribution in [0.2, 0.25) is 0 Å². The number of rotatable bonds is 7. The van der Waals surface area contributed by atoms with Crippen LogP contribution in [0.1, 0.15) is 46.7 Å². The highest BCUT2D eigenvalue weighted by atomic mass is 32.1. The zero-order valence-corrected chi connectivity index (χ0v) is 17.6. The molecule has 7 nitrogen and oxygen atoms in total. The van der Waals surface area contributed by atoms with E-state index in [0.717, 1.165) is 40.2 Å². The average Bonchev–Trinajstić information content (AvgIpc) is 3.36. The van der Waals surface area contributed by atoms with Crippen molar-refractivity contribution in [1.29, 1.82) is 0 Å². The van der Waals surface area contributed by atoms with E-state index >= 15 is 0 Å². The lowest BCUT2D eigenvalue weighted by atomic mass is 10.1. The third kappa shape index (κ3) is 4.71. The lowest BCUT2D eigenvalue weighted by Gasteiger charge is -2.15. The monoisotopic (exact) mass is 410 g/mol. The van der Waals surface area contributed by atoms with Crippen LogP contribution in [0.5, 0.6) is 0 Å². The van der Waals surface area contributed by atoms with Gasteiger partial charge in [0, 0.05) is 23.8 Å². The van der Waals surface area contributed by atoms with Crippen LogP contribution in [0, 0.1) is 12.8 Å². The minimum Gasteiger partial charge on any atom is -0.351 e. The van der Waals surface area contributed by atoms with Crippen molar-refractivity contribution in [1.82, 2.24) is 25.6 Å². The number of carbonyl (C=O) groups is 1. The highest BCUT2D eigenvalue weighted by Crippen LogP contribution is 2.28. The molecule has 3 aromatic heterocycles. The Kier molecular flexibility index (Phi) is 6.01. The third-order valence-corrected chi connectivity index (χ3v) is 6.29. The van der Waals surface area contributed by atoms with E-state index in [2.05, 4.69) is 30.9 Å². The van der Waals surface area contributed by atoms with E-state index in [0.29, 0.717) is 24.1 Å². The van der Waals surface area contributed by atoms with Crippen molar-refractivity contribution in [2.45, 2.75) is 32.7 Å². The Hall–Kier alpha value is -2.58. The van der Waals surface area contributed by atoms with Crippen molar-refractivity contribution in [2.24, 2.45) is 5.92 Å². The lowest BCUT2D eigenvalue weighted by Crippen LogP contribution is -2.27. The van der Waals surface area contributed by atoms with Gasteiger partial charge in [0.2, 0.25) is 5.95 Å². The van der Waals surface area contributed by atoms with Crippen LogP contribution in [-0.2, 0) is 0 Å². The molecule has 0 aliphatic carbocycles. The van der Waals surface area contributed by atoms with Gasteiger partial charge in [0.1, 0.15) is 0 Å². The second-order valence-electron chi connectivity index (χ2n) is 7.52. The van der Waals surface area contributed by atoms with Gasteiger partial charge < -0.3 is 16.0 Å². The summed E-state index contributed by atoms with van der Waals surface area (Å²) in [4.78, 5) is 27.4. The smallest absolute Gasteiger partial charge is 0.271 e. The topological polar surface area (TPSA) is 91.8 Å². The Morgan fingerprint density at radius 3 is 3.07 bits per heavy atom. The van der Waals surface area contributed by atoms with Gasteiger partial charge >= 0.3 is 0 Å². The molecule has 1 aliphatic rings. The summed E-state index contributed by atoms with van der Waals surface area (Å²) in [7, 11) is 0. The quantitative estimate of drug-likeness (QED) is 0.554. The van der Waals surface area contributed by atoms with Crippen molar-refractivity contribution in [3.63, 3.8) is 0 Å². The Morgan fingerprint density at radius 1 is 1.41 bits per heavy atom. The zero-order valence-electron chi connectivity index (χ0n) is 16.7. The number of fused-ring (bicyclic) bond motifs is 1. The standard InChI is InChI=1S/C21H26N6OS/c1-13-10-17-19(29-13)18(20(28)24-9-6-15-5-8-23-11-15)27-21(26-17)25-14(2)16-4-3-7-22-12-16/h3-4,7,10,12,14-15,23H,5-6,8-9,11H2,1-2H3,(H,24,28)(H,25,26,27)/t14?,15-/m0/s1. The van der Waals surface area contributed by atoms with Crippen molar-refractivity contribution < 1.29 is 4.79 Å². The summed E-state index contributed by atoms with van der Waals surface area (Å²) >= 11 is 1.56. The van der Waals surface area contributed by atoms with Crippen LogP contribution < -0.4 is 16.0 Å². The van der Waals surface area contributed by atoms with Gasteiger partial charge in [-0.2, -0.15) is 0 Å². The van der Waals surface area contributed by atoms with E-state index < -0.39 is 0 Å². The van der Waals surface area contributed by atoms with Gasteiger partial charge in [-0.05, 0) is 63.4 Å². The molecule has 152 valence electrons. The molecule has 0 spiro atoms. The number of nitrogens with zero attached hydrogens (tertiary/aromatic N) is 3. The Balaban J connectivity index is 1.52. The molecular formula is C21H26N6OS. The number of carbonyl (C=O) groups excluding carboxylic acids is 1. The third-order valence-electron chi connectivity index (χ3n) is 5.24. The first-order valence-corrected chi connectivity index (χ1v) is 10.9. The summed E-state index contributed by atoms with van der Waals surface area (Å²) in [5, 5.41) is 9.73. The minimum atomic E-state index is -0.137. The second kappa shape index (κ2) is 8.84. The van der Waals surface area contributed by atoms with Crippen LogP contribution in [0.4, 0.5) is 5.95 Å². The molecule has 1 aliphatic heterocycles. The number of hydrogen-bond acceptors (Lipinski definition) is 7. The van der Waals surface area contributed by atoms with Gasteiger partial charge in [0.05, 0.1) is 16.3 Å². The largest absolute Gasteiger partial charge is 0.351 e. The van der Waals surface area contributed by atoms with Gasteiger partial charge in [0.25, 0.3) is 5.91 Å². The summed E-state index contributed by atoms with van der Waals surface area (Å²) in [6, 6.07) is 5.89. The van der Waals surface area contributed by atoms with Gasteiger partial charge in [0.15, 0.2) is 5.69 Å². The average molecular weight is 411 g/mol. The molecule has 0 radical (unpaired) electrons. The maximum atomic E-state index is 12.9. The molecule has 4 heterocycles. The number of aromatic nitrogens is 3. The van der Waals surface area contributed by atoms with Gasteiger partial charge in [-0.3, -0.25) is 9.78 Å². The fraction of sp³-hybridized carbons (Fsp3) is 0.429. The van der Waals surface area contributed by atoms with E-state index in [4.69, 9.17) is 0 Å². The molecule has 0 aromatic carbocycles. The Morgan fingerprint density at radius 2 is 2.31 bits per heavy atom. The minimum absolute atomic E-state index is 0.0216. The number of nitrogens with one attached hydrogen (secondary N) is 3. The van der Waals surface area contributed by atoms with Crippen LogP contribution in [0.15, 0.2) is 30.6 Å². The van der Waals surface area contributed by atoms with Crippen molar-refractivity contribution >= 4 is 33.4 Å². The van der Waals surface area contributed by atoms with E-state index in [-0.39, 0.29) is 11.9 Å². The maximum absolute atomic E-state index is 12.9. The van der Waals surface area contributed by atoms with Crippen LogP contribution in [0.3, 0.4) is 0 Å². The van der Waals surface area contributed by atoms with Gasteiger partial charge in [-0.25, -0.2) is 9.97 Å². The van der Waals surface area contributed by atoms with E-state index in [1.54, 1.807) is 17.5 Å². The molecule has 1 saturated heterocycles. The van der Waals surface area contributed by atoms with E-state index in [1.807, 2.05) is 38.2 Å². The summed E-state index contributed by atoms with van der Waals surface area (Å²) < 4.78 is 0.835. The first-order valence-electron chi connectivity index (χ1n) is 10.0. The summed E-state index contributed by atoms with van der Waals surface area (Å²) in [5.41, 5.74) is 2.28. The van der Waals surface area contributed by atoms with Gasteiger partial charge in [-0.15, -0.1) is 11.3 Å². The molecule has 3 aromatic rings. The van der Waals surface area contributed by atoms with Crippen molar-refractivity contribution in [3.8, 4) is 0 Å². The number of amides is 1. The molecule has 0 bridgehead atoms. The molecule has 3 N–H and O–H groups in total. The normalized spacial score (nSPS) is 17.4. The van der Waals surface area contributed by atoms with E-state index in [9.17, 15) is 4.79 Å². The predicted molar refractivity (Wildman–Crippen MR) is 116 cm³/mol. The number of thiophene rings is 1. The SMILES string of the molecule is Cc1cc2nc(NC(C)c3cccnc3)nc(C(=O)NCC[C@@H]3CCNC3)c2s1. The predicted octanol–water partition coefficient (Wildman–Crippen LogP) is 3.30. The Bertz CT molecular complexity index is 984. The summed E-state index contributed by atoms with van der Waals surface area (Å²) in [5.74, 6) is 0.960. The lowest BCUT2D eigenvalue weighted by molar-refractivity contribution is 0.0948. The van der Waals surface area contributed by atoms with Crippen LogP contribution in [-0.4, -0.2) is 40.5 Å². The Labute approximate surface area is 174 Å². The van der Waals surface area contributed by atoms with E-state index in [1.165, 1.54) is 6.42 Å². The van der Waals surface area contributed by atoms with Crippen molar-refractivity contribution in [3.05, 3.63) is 46.7 Å². The first kappa shape index (κ1) is 19.7. The molecule has 1 amide bonds. The number of aryl methyl sites for hydroxylation is 1. The molecule has 2 atom stereocenters. The molecule has 29 heavy (non-hydrogen) atoms.